The van der Waals surface area contributed by atoms with Crippen molar-refractivity contribution in [3.63, 3.8) is 0 Å². The number of carbonyl (C=O) groups excluding carboxylic acids is 1. The second kappa shape index (κ2) is 10.4. The molecule has 1 amide bonds. The van der Waals surface area contributed by atoms with Gasteiger partial charge >= 0.3 is 5.97 Å². The Morgan fingerprint density at radius 2 is 1.77 bits per heavy atom. The molecule has 1 aliphatic rings. The number of carboxylic acids is 1. The smallest absolute Gasteiger partial charge is 0.303 e. The number of rotatable bonds is 9. The fourth-order valence-corrected chi connectivity index (χ4v) is 4.05. The van der Waals surface area contributed by atoms with Gasteiger partial charge in [0.05, 0.1) is 11.4 Å². The summed E-state index contributed by atoms with van der Waals surface area (Å²) in [5, 5.41) is 19.0. The summed E-state index contributed by atoms with van der Waals surface area (Å²) < 4.78 is 0. The number of anilines is 1. The molecule has 1 saturated heterocycles. The van der Waals surface area contributed by atoms with Crippen molar-refractivity contribution in [3.8, 4) is 0 Å². The van der Waals surface area contributed by atoms with Crippen molar-refractivity contribution in [2.45, 2.75) is 49.6 Å². The fraction of sp³-hybridized carbons (Fsp3) is 0.333. The highest BCUT2D eigenvalue weighted by Crippen LogP contribution is 2.33. The zero-order valence-electron chi connectivity index (χ0n) is 16.7. The van der Waals surface area contributed by atoms with Crippen LogP contribution < -0.4 is 4.90 Å². The third-order valence-electron chi connectivity index (χ3n) is 5.30. The summed E-state index contributed by atoms with van der Waals surface area (Å²) in [6.45, 7) is 0. The summed E-state index contributed by atoms with van der Waals surface area (Å²) in [7, 11) is 0. The van der Waals surface area contributed by atoms with E-state index >= 15 is 0 Å². The highest BCUT2D eigenvalue weighted by Gasteiger charge is 2.38. The summed E-state index contributed by atoms with van der Waals surface area (Å²) in [4.78, 5) is 24.8. The molecule has 0 radical (unpaired) electrons. The summed E-state index contributed by atoms with van der Waals surface area (Å²) >= 11 is 6.45. The number of alkyl halides is 1. The third kappa shape index (κ3) is 5.49. The zero-order chi connectivity index (χ0) is 21.5. The summed E-state index contributed by atoms with van der Waals surface area (Å²) in [6.07, 6.45) is 5.53. The van der Waals surface area contributed by atoms with Gasteiger partial charge in [-0.3, -0.25) is 9.59 Å². The average Bonchev–Trinajstić information content (AvgIpc) is 3.03. The number of carbonyl (C=O) groups is 2. The minimum absolute atomic E-state index is 0.0179. The lowest BCUT2D eigenvalue weighted by Crippen LogP contribution is -2.35. The lowest BCUT2D eigenvalue weighted by Gasteiger charge is -2.26. The van der Waals surface area contributed by atoms with Crippen LogP contribution in [0.1, 0.15) is 49.3 Å². The maximum absolute atomic E-state index is 12.5. The average molecular weight is 428 g/mol. The largest absolute Gasteiger partial charge is 0.481 e. The molecule has 0 aromatic heterocycles. The van der Waals surface area contributed by atoms with E-state index in [0.717, 1.165) is 16.8 Å². The molecule has 2 aromatic rings. The van der Waals surface area contributed by atoms with Crippen LogP contribution >= 0.6 is 11.6 Å². The normalized spacial score (nSPS) is 20.1. The number of hydrogen-bond acceptors (Lipinski definition) is 3. The Morgan fingerprint density at radius 3 is 2.43 bits per heavy atom. The maximum Gasteiger partial charge on any atom is 0.303 e. The zero-order valence-corrected chi connectivity index (χ0v) is 17.4. The molecule has 3 unspecified atom stereocenters. The molecule has 158 valence electrons. The van der Waals surface area contributed by atoms with Crippen LogP contribution in [0, 0.1) is 0 Å². The molecule has 1 heterocycles. The van der Waals surface area contributed by atoms with Crippen LogP contribution in [0.4, 0.5) is 5.69 Å². The van der Waals surface area contributed by atoms with Crippen LogP contribution in [0.5, 0.6) is 0 Å². The highest BCUT2D eigenvalue weighted by molar-refractivity contribution is 6.24. The Balaban J connectivity index is 1.67. The van der Waals surface area contributed by atoms with E-state index in [1.165, 1.54) is 0 Å². The van der Waals surface area contributed by atoms with E-state index in [4.69, 9.17) is 16.7 Å². The van der Waals surface area contributed by atoms with Crippen molar-refractivity contribution in [1.82, 2.24) is 0 Å². The van der Waals surface area contributed by atoms with Gasteiger partial charge in [-0.25, -0.2) is 0 Å². The summed E-state index contributed by atoms with van der Waals surface area (Å²) in [5.74, 6) is -0.812. The van der Waals surface area contributed by atoms with Gasteiger partial charge in [-0.15, -0.1) is 11.6 Å². The van der Waals surface area contributed by atoms with Crippen molar-refractivity contribution in [3.05, 3.63) is 77.9 Å². The quantitative estimate of drug-likeness (QED) is 0.346. The van der Waals surface area contributed by atoms with Crippen LogP contribution in [0.25, 0.3) is 0 Å². The number of aliphatic carboxylic acids is 1. The minimum Gasteiger partial charge on any atom is -0.481 e. The van der Waals surface area contributed by atoms with Crippen molar-refractivity contribution in [1.29, 1.82) is 0 Å². The molecule has 3 rings (SSSR count). The molecule has 5 nitrogen and oxygen atoms in total. The molecule has 2 N–H and O–H groups in total. The molecule has 1 fully saturated rings. The third-order valence-corrected chi connectivity index (χ3v) is 5.74. The second-order valence-corrected chi connectivity index (χ2v) is 8.01. The number of nitrogens with zero attached hydrogens (tertiary/aromatic N) is 1. The molecule has 0 saturated carbocycles. The maximum atomic E-state index is 12.5. The topological polar surface area (TPSA) is 77.8 Å². The summed E-state index contributed by atoms with van der Waals surface area (Å²) in [6, 6.07) is 16.6. The van der Waals surface area contributed by atoms with Gasteiger partial charge in [0, 0.05) is 18.5 Å². The number of amides is 1. The van der Waals surface area contributed by atoms with Crippen molar-refractivity contribution < 1.29 is 19.8 Å². The SMILES string of the molecule is O=C(O)CCCC=CCC1C(Cl)CC(=O)N1c1ccc(C(O)c2ccccc2)cc1. The van der Waals surface area contributed by atoms with E-state index in [1.807, 2.05) is 66.7 Å². The standard InChI is InChI=1S/C24H26ClNO4/c25-20-16-22(27)26(21(20)10-6-1-2-7-11-23(28)29)19-14-12-18(13-15-19)24(30)17-8-4-3-5-9-17/h1,3-6,8-9,12-15,20-21,24,30H,2,7,10-11,16H2,(H,28,29). The number of aliphatic hydroxyl groups is 1. The molecule has 30 heavy (non-hydrogen) atoms. The predicted octanol–water partition coefficient (Wildman–Crippen LogP) is 4.68. The van der Waals surface area contributed by atoms with E-state index in [9.17, 15) is 14.7 Å². The molecule has 3 atom stereocenters. The van der Waals surface area contributed by atoms with Crippen LogP contribution in [-0.4, -0.2) is 33.5 Å². The first-order valence-corrected chi connectivity index (χ1v) is 10.6. The van der Waals surface area contributed by atoms with Gasteiger partial charge < -0.3 is 15.1 Å². The van der Waals surface area contributed by atoms with E-state index in [2.05, 4.69) is 0 Å². The Morgan fingerprint density at radius 1 is 1.10 bits per heavy atom. The van der Waals surface area contributed by atoms with Crippen molar-refractivity contribution in [2.24, 2.45) is 0 Å². The first-order valence-electron chi connectivity index (χ1n) is 10.1. The Labute approximate surface area is 181 Å². The fourth-order valence-electron chi connectivity index (χ4n) is 3.71. The van der Waals surface area contributed by atoms with E-state index < -0.39 is 12.1 Å². The van der Waals surface area contributed by atoms with Gasteiger partial charge in [-0.2, -0.15) is 0 Å². The summed E-state index contributed by atoms with van der Waals surface area (Å²) in [5.41, 5.74) is 2.33. The lowest BCUT2D eigenvalue weighted by molar-refractivity contribution is -0.137. The van der Waals surface area contributed by atoms with Crippen LogP contribution in [-0.2, 0) is 9.59 Å². The number of carboxylic acid groups (broad SMARTS) is 1. The Bertz CT molecular complexity index is 882. The van der Waals surface area contributed by atoms with Crippen LogP contribution in [0.2, 0.25) is 0 Å². The number of allylic oxidation sites excluding steroid dienone is 1. The second-order valence-electron chi connectivity index (χ2n) is 7.45. The number of benzene rings is 2. The number of hydrogen-bond donors (Lipinski definition) is 2. The number of unbranched alkanes of at least 4 members (excludes halogenated alkanes) is 1. The van der Waals surface area contributed by atoms with Gasteiger partial charge in [-0.05, 0) is 42.5 Å². The molecule has 6 heteroatoms. The van der Waals surface area contributed by atoms with Gasteiger partial charge in [0.2, 0.25) is 5.91 Å². The predicted molar refractivity (Wildman–Crippen MR) is 118 cm³/mol. The van der Waals surface area contributed by atoms with Crippen molar-refractivity contribution in [2.75, 3.05) is 4.90 Å². The first kappa shape index (κ1) is 22.1. The first-order chi connectivity index (χ1) is 14.5. The molecular formula is C24H26ClNO4. The monoisotopic (exact) mass is 427 g/mol. The van der Waals surface area contributed by atoms with E-state index in [0.29, 0.717) is 19.3 Å². The molecular weight excluding hydrogens is 402 g/mol. The van der Waals surface area contributed by atoms with Gasteiger partial charge in [0.15, 0.2) is 0 Å². The van der Waals surface area contributed by atoms with E-state index in [-0.39, 0.29) is 30.2 Å². The van der Waals surface area contributed by atoms with Gasteiger partial charge in [0.1, 0.15) is 6.10 Å². The molecule has 0 aliphatic carbocycles. The van der Waals surface area contributed by atoms with Gasteiger partial charge in [-0.1, -0.05) is 54.6 Å². The van der Waals surface area contributed by atoms with Gasteiger partial charge in [0.25, 0.3) is 0 Å². The van der Waals surface area contributed by atoms with E-state index in [1.54, 1.807) is 4.90 Å². The number of aliphatic hydroxyl groups excluding tert-OH is 1. The Hall–Kier alpha value is -2.63. The minimum atomic E-state index is -0.794. The van der Waals surface area contributed by atoms with Crippen LogP contribution in [0.15, 0.2) is 66.7 Å². The molecule has 2 aromatic carbocycles. The molecule has 0 bridgehead atoms. The highest BCUT2D eigenvalue weighted by atomic mass is 35.5. The molecule has 0 spiro atoms. The number of halogens is 1. The van der Waals surface area contributed by atoms with Crippen molar-refractivity contribution >= 4 is 29.2 Å². The lowest BCUT2D eigenvalue weighted by atomic mass is 10.0. The molecule has 1 aliphatic heterocycles. The Kier molecular flexibility index (Phi) is 7.66. The van der Waals surface area contributed by atoms with Crippen LogP contribution in [0.3, 0.4) is 0 Å².